The van der Waals surface area contributed by atoms with Gasteiger partial charge in [-0.3, -0.25) is 14.4 Å². The van der Waals surface area contributed by atoms with Crippen molar-refractivity contribution in [3.05, 3.63) is 21.9 Å². The van der Waals surface area contributed by atoms with Gasteiger partial charge in [0.15, 0.2) is 5.78 Å². The van der Waals surface area contributed by atoms with Crippen LogP contribution in [0.3, 0.4) is 0 Å². The van der Waals surface area contributed by atoms with Gasteiger partial charge in [0.2, 0.25) is 11.8 Å². The number of likely N-dealkylation sites (tertiary alicyclic amines) is 2. The zero-order chi connectivity index (χ0) is 17.8. The van der Waals surface area contributed by atoms with Crippen LogP contribution in [-0.2, 0) is 9.59 Å². The van der Waals surface area contributed by atoms with Crippen molar-refractivity contribution < 1.29 is 14.4 Å². The number of aryl methyl sites for hydroxylation is 1. The van der Waals surface area contributed by atoms with Crippen LogP contribution in [0, 0.1) is 12.8 Å². The van der Waals surface area contributed by atoms with E-state index in [1.807, 2.05) is 18.4 Å². The Labute approximate surface area is 153 Å². The second-order valence-electron chi connectivity index (χ2n) is 7.10. The van der Waals surface area contributed by atoms with Crippen LogP contribution in [0.1, 0.15) is 53.8 Å². The molecule has 0 radical (unpaired) electrons. The summed E-state index contributed by atoms with van der Waals surface area (Å²) in [5.74, 6) is 0.117. The fourth-order valence-electron chi connectivity index (χ4n) is 3.70. The number of nitrogens with zero attached hydrogens (tertiary/aromatic N) is 2. The largest absolute Gasteiger partial charge is 0.340 e. The Morgan fingerprint density at radius 3 is 2.80 bits per heavy atom. The van der Waals surface area contributed by atoms with Crippen LogP contribution in [0.5, 0.6) is 0 Å². The van der Waals surface area contributed by atoms with Crippen molar-refractivity contribution in [2.24, 2.45) is 5.92 Å². The van der Waals surface area contributed by atoms with Gasteiger partial charge in [-0.05, 0) is 49.6 Å². The molecule has 25 heavy (non-hydrogen) atoms. The third kappa shape index (κ3) is 4.29. The van der Waals surface area contributed by atoms with Crippen LogP contribution >= 0.6 is 11.3 Å². The Kier molecular flexibility index (Phi) is 5.89. The van der Waals surface area contributed by atoms with E-state index in [4.69, 9.17) is 0 Å². The minimum atomic E-state index is -0.116. The number of thiophene rings is 1. The van der Waals surface area contributed by atoms with E-state index < -0.39 is 0 Å². The highest BCUT2D eigenvalue weighted by atomic mass is 32.1. The molecule has 1 unspecified atom stereocenters. The Balaban J connectivity index is 1.60. The zero-order valence-electron chi connectivity index (χ0n) is 14.8. The first-order valence-electron chi connectivity index (χ1n) is 9.20. The van der Waals surface area contributed by atoms with E-state index in [0.29, 0.717) is 26.1 Å². The standard InChI is InChI=1S/C19H26N2O3S/c1-14-8-11-25-19(14)18(24)15-6-5-10-20(12-15)17(23)13-21-9-4-2-3-7-16(21)22/h8,11,15H,2-7,9-10,12-13H2,1H3. The Bertz CT molecular complexity index is 655. The van der Waals surface area contributed by atoms with E-state index in [-0.39, 0.29) is 30.1 Å². The van der Waals surface area contributed by atoms with Gasteiger partial charge in [0, 0.05) is 32.0 Å². The summed E-state index contributed by atoms with van der Waals surface area (Å²) in [6.07, 6.45) is 5.17. The quantitative estimate of drug-likeness (QED) is 0.774. The number of ketones is 1. The maximum atomic E-state index is 12.7. The molecule has 6 heteroatoms. The molecule has 0 aromatic carbocycles. The molecule has 2 saturated heterocycles. The minimum absolute atomic E-state index is 0.0179. The normalized spacial score (nSPS) is 22.0. The summed E-state index contributed by atoms with van der Waals surface area (Å²) < 4.78 is 0. The van der Waals surface area contributed by atoms with Gasteiger partial charge in [-0.1, -0.05) is 6.42 Å². The van der Waals surface area contributed by atoms with Crippen molar-refractivity contribution in [2.45, 2.75) is 45.4 Å². The minimum Gasteiger partial charge on any atom is -0.340 e. The molecule has 5 nitrogen and oxygen atoms in total. The van der Waals surface area contributed by atoms with Crippen LogP contribution in [0.15, 0.2) is 11.4 Å². The van der Waals surface area contributed by atoms with Gasteiger partial charge in [0.25, 0.3) is 0 Å². The molecule has 1 aromatic rings. The molecule has 0 saturated carbocycles. The molecular formula is C19H26N2O3S. The summed E-state index contributed by atoms with van der Waals surface area (Å²) in [6.45, 7) is 3.97. The van der Waals surface area contributed by atoms with Crippen molar-refractivity contribution in [1.29, 1.82) is 0 Å². The SMILES string of the molecule is Cc1ccsc1C(=O)C1CCCN(C(=O)CN2CCCCCC2=O)C1. The van der Waals surface area contributed by atoms with Gasteiger partial charge in [-0.2, -0.15) is 0 Å². The van der Waals surface area contributed by atoms with E-state index in [9.17, 15) is 14.4 Å². The molecule has 0 aliphatic carbocycles. The van der Waals surface area contributed by atoms with Crippen molar-refractivity contribution in [3.8, 4) is 0 Å². The number of hydrogen-bond acceptors (Lipinski definition) is 4. The molecule has 2 aliphatic heterocycles. The molecule has 3 heterocycles. The summed E-state index contributed by atoms with van der Waals surface area (Å²) in [4.78, 5) is 41.8. The monoisotopic (exact) mass is 362 g/mol. The molecule has 2 amide bonds. The van der Waals surface area contributed by atoms with Crippen molar-refractivity contribution >= 4 is 28.9 Å². The first kappa shape index (κ1) is 18.1. The predicted molar refractivity (Wildman–Crippen MR) is 97.7 cm³/mol. The Morgan fingerprint density at radius 1 is 1.20 bits per heavy atom. The summed E-state index contributed by atoms with van der Waals surface area (Å²) in [6, 6.07) is 1.97. The third-order valence-electron chi connectivity index (χ3n) is 5.23. The van der Waals surface area contributed by atoms with Crippen LogP contribution < -0.4 is 0 Å². The van der Waals surface area contributed by atoms with Gasteiger partial charge >= 0.3 is 0 Å². The number of rotatable bonds is 4. The number of carbonyl (C=O) groups is 3. The predicted octanol–water partition coefficient (Wildman–Crippen LogP) is 2.88. The summed E-state index contributed by atoms with van der Waals surface area (Å²) in [5.41, 5.74) is 1.02. The third-order valence-corrected chi connectivity index (χ3v) is 6.26. The summed E-state index contributed by atoms with van der Waals surface area (Å²) in [7, 11) is 0. The van der Waals surface area contributed by atoms with Crippen LogP contribution in [0.25, 0.3) is 0 Å². The first-order chi connectivity index (χ1) is 12.1. The van der Waals surface area contributed by atoms with Crippen molar-refractivity contribution in [3.63, 3.8) is 0 Å². The number of amides is 2. The average Bonchev–Trinajstić information content (AvgIpc) is 2.95. The molecule has 3 rings (SSSR count). The number of carbonyl (C=O) groups excluding carboxylic acids is 3. The van der Waals surface area contributed by atoms with E-state index in [1.54, 1.807) is 9.80 Å². The number of Topliss-reactive ketones (excluding diaryl/α,β-unsaturated/α-hetero) is 1. The smallest absolute Gasteiger partial charge is 0.242 e. The lowest BCUT2D eigenvalue weighted by molar-refractivity contribution is -0.141. The molecule has 2 aliphatic rings. The number of piperidine rings is 1. The maximum absolute atomic E-state index is 12.7. The molecular weight excluding hydrogens is 336 g/mol. The Hall–Kier alpha value is -1.69. The van der Waals surface area contributed by atoms with E-state index >= 15 is 0 Å². The summed E-state index contributed by atoms with van der Waals surface area (Å²) >= 11 is 1.49. The highest BCUT2D eigenvalue weighted by Gasteiger charge is 2.31. The van der Waals surface area contributed by atoms with Gasteiger partial charge in [0.1, 0.15) is 0 Å². The van der Waals surface area contributed by atoms with E-state index in [2.05, 4.69) is 0 Å². The van der Waals surface area contributed by atoms with Gasteiger partial charge in [-0.15, -0.1) is 11.3 Å². The molecule has 2 fully saturated rings. The maximum Gasteiger partial charge on any atom is 0.242 e. The lowest BCUT2D eigenvalue weighted by Gasteiger charge is -2.33. The van der Waals surface area contributed by atoms with Crippen LogP contribution in [0.4, 0.5) is 0 Å². The molecule has 0 bridgehead atoms. The Morgan fingerprint density at radius 2 is 2.04 bits per heavy atom. The second kappa shape index (κ2) is 8.13. The van der Waals surface area contributed by atoms with E-state index in [0.717, 1.165) is 42.5 Å². The molecule has 0 N–H and O–H groups in total. The lowest BCUT2D eigenvalue weighted by Crippen LogP contribution is -2.47. The van der Waals surface area contributed by atoms with Crippen molar-refractivity contribution in [1.82, 2.24) is 9.80 Å². The molecule has 1 atom stereocenters. The fourth-order valence-corrected chi connectivity index (χ4v) is 4.64. The lowest BCUT2D eigenvalue weighted by atomic mass is 9.92. The molecule has 1 aromatic heterocycles. The number of hydrogen-bond donors (Lipinski definition) is 0. The highest BCUT2D eigenvalue weighted by Crippen LogP contribution is 2.26. The van der Waals surface area contributed by atoms with Gasteiger partial charge < -0.3 is 9.80 Å². The van der Waals surface area contributed by atoms with Gasteiger partial charge in [0.05, 0.1) is 11.4 Å². The average molecular weight is 362 g/mol. The topological polar surface area (TPSA) is 57.7 Å². The zero-order valence-corrected chi connectivity index (χ0v) is 15.6. The van der Waals surface area contributed by atoms with E-state index in [1.165, 1.54) is 11.3 Å². The van der Waals surface area contributed by atoms with Crippen molar-refractivity contribution in [2.75, 3.05) is 26.2 Å². The first-order valence-corrected chi connectivity index (χ1v) is 10.1. The molecule has 136 valence electrons. The second-order valence-corrected chi connectivity index (χ2v) is 8.02. The summed E-state index contributed by atoms with van der Waals surface area (Å²) in [5, 5.41) is 1.94. The highest BCUT2D eigenvalue weighted by molar-refractivity contribution is 7.12. The van der Waals surface area contributed by atoms with Crippen LogP contribution in [-0.4, -0.2) is 53.6 Å². The van der Waals surface area contributed by atoms with Crippen LogP contribution in [0.2, 0.25) is 0 Å². The fraction of sp³-hybridized carbons (Fsp3) is 0.632. The van der Waals surface area contributed by atoms with Gasteiger partial charge in [-0.25, -0.2) is 0 Å². The molecule has 0 spiro atoms.